The molecule has 2 N–H and O–H groups in total. The molecular formula is C14H22ClN3O. The van der Waals surface area contributed by atoms with Crippen LogP contribution < -0.4 is 10.6 Å². The molecule has 1 saturated heterocycles. The number of carbonyl (C=O) groups excluding carboxylic acids is 1. The standard InChI is InChI=1S/C14H21N3O.ClH/c1-11-3-5-12(6-4-11)16-14(18)10-17-8-7-13(9-17)15-2;/h3-6,13,15H,7-10H2,1-2H3,(H,16,18);1H. The number of carbonyl (C=O) groups is 1. The van der Waals surface area contributed by atoms with Gasteiger partial charge in [-0.1, -0.05) is 17.7 Å². The smallest absolute Gasteiger partial charge is 0.238 e. The Kier molecular flexibility index (Phi) is 6.28. The first kappa shape index (κ1) is 16.0. The molecule has 1 atom stereocenters. The van der Waals surface area contributed by atoms with Gasteiger partial charge in [0.1, 0.15) is 0 Å². The van der Waals surface area contributed by atoms with Crippen LogP contribution in [-0.4, -0.2) is 43.5 Å². The number of nitrogens with zero attached hydrogens (tertiary/aromatic N) is 1. The molecule has 2 rings (SSSR count). The summed E-state index contributed by atoms with van der Waals surface area (Å²) < 4.78 is 0. The average molecular weight is 284 g/mol. The van der Waals surface area contributed by atoms with Crippen molar-refractivity contribution in [2.24, 2.45) is 0 Å². The minimum atomic E-state index is 0. The van der Waals surface area contributed by atoms with E-state index in [4.69, 9.17) is 0 Å². The molecule has 0 radical (unpaired) electrons. The van der Waals surface area contributed by atoms with Crippen LogP contribution in [-0.2, 0) is 4.79 Å². The molecular weight excluding hydrogens is 262 g/mol. The van der Waals surface area contributed by atoms with Crippen LogP contribution in [0.3, 0.4) is 0 Å². The Morgan fingerprint density at radius 2 is 2.05 bits per heavy atom. The molecule has 0 aliphatic carbocycles. The zero-order valence-electron chi connectivity index (χ0n) is 11.5. The van der Waals surface area contributed by atoms with Crippen LogP contribution in [0.1, 0.15) is 12.0 Å². The van der Waals surface area contributed by atoms with E-state index in [1.165, 1.54) is 5.56 Å². The molecule has 4 nitrogen and oxygen atoms in total. The Balaban J connectivity index is 0.00000180. The SMILES string of the molecule is CNC1CCN(CC(=O)Nc2ccc(C)cc2)C1.Cl. The summed E-state index contributed by atoms with van der Waals surface area (Å²) in [5.74, 6) is 0.0654. The highest BCUT2D eigenvalue weighted by molar-refractivity contribution is 5.92. The van der Waals surface area contributed by atoms with Crippen LogP contribution in [0.15, 0.2) is 24.3 Å². The third-order valence-electron chi connectivity index (χ3n) is 3.38. The predicted octanol–water partition coefficient (Wildman–Crippen LogP) is 1.65. The largest absolute Gasteiger partial charge is 0.325 e. The second kappa shape index (κ2) is 7.48. The number of anilines is 1. The minimum absolute atomic E-state index is 0. The first-order valence-electron chi connectivity index (χ1n) is 6.43. The molecule has 1 heterocycles. The Bertz CT molecular complexity index is 408. The number of rotatable bonds is 4. The van der Waals surface area contributed by atoms with Gasteiger partial charge in [-0.05, 0) is 32.5 Å². The monoisotopic (exact) mass is 283 g/mol. The maximum absolute atomic E-state index is 11.9. The van der Waals surface area contributed by atoms with E-state index >= 15 is 0 Å². The van der Waals surface area contributed by atoms with Crippen LogP contribution >= 0.6 is 12.4 Å². The van der Waals surface area contributed by atoms with Gasteiger partial charge in [0.25, 0.3) is 0 Å². The van der Waals surface area contributed by atoms with Gasteiger partial charge in [0, 0.05) is 24.8 Å². The van der Waals surface area contributed by atoms with E-state index < -0.39 is 0 Å². The zero-order valence-corrected chi connectivity index (χ0v) is 12.3. The van der Waals surface area contributed by atoms with Gasteiger partial charge in [-0.15, -0.1) is 12.4 Å². The number of likely N-dealkylation sites (N-methyl/N-ethyl adjacent to an activating group) is 1. The van der Waals surface area contributed by atoms with Crippen LogP contribution in [0.4, 0.5) is 5.69 Å². The highest BCUT2D eigenvalue weighted by Gasteiger charge is 2.22. The molecule has 106 valence electrons. The summed E-state index contributed by atoms with van der Waals surface area (Å²) in [5, 5.41) is 6.18. The Hall–Kier alpha value is -1.10. The van der Waals surface area contributed by atoms with Crippen LogP contribution in [0, 0.1) is 6.92 Å². The van der Waals surface area contributed by atoms with Crippen molar-refractivity contribution >= 4 is 24.0 Å². The number of aryl methyl sites for hydroxylation is 1. The summed E-state index contributed by atoms with van der Waals surface area (Å²) in [4.78, 5) is 14.1. The summed E-state index contributed by atoms with van der Waals surface area (Å²) >= 11 is 0. The fourth-order valence-corrected chi connectivity index (χ4v) is 2.25. The molecule has 1 amide bonds. The lowest BCUT2D eigenvalue weighted by atomic mass is 10.2. The van der Waals surface area contributed by atoms with E-state index in [1.54, 1.807) is 0 Å². The first-order valence-corrected chi connectivity index (χ1v) is 6.43. The van der Waals surface area contributed by atoms with E-state index in [0.717, 1.165) is 25.2 Å². The number of nitrogens with one attached hydrogen (secondary N) is 2. The molecule has 19 heavy (non-hydrogen) atoms. The fraction of sp³-hybridized carbons (Fsp3) is 0.500. The third kappa shape index (κ3) is 4.82. The first-order chi connectivity index (χ1) is 8.67. The van der Waals surface area contributed by atoms with E-state index in [-0.39, 0.29) is 18.3 Å². The fourth-order valence-electron chi connectivity index (χ4n) is 2.25. The highest BCUT2D eigenvalue weighted by atomic mass is 35.5. The molecule has 0 aromatic heterocycles. The van der Waals surface area contributed by atoms with Crippen molar-refractivity contribution in [2.75, 3.05) is 32.0 Å². The Morgan fingerprint density at radius 1 is 1.37 bits per heavy atom. The molecule has 0 spiro atoms. The normalized spacial score (nSPS) is 18.9. The lowest BCUT2D eigenvalue weighted by Gasteiger charge is -2.15. The van der Waals surface area contributed by atoms with Gasteiger partial charge < -0.3 is 10.6 Å². The molecule has 1 aromatic carbocycles. The third-order valence-corrected chi connectivity index (χ3v) is 3.38. The molecule has 1 aliphatic heterocycles. The van der Waals surface area contributed by atoms with Gasteiger partial charge in [-0.25, -0.2) is 0 Å². The molecule has 1 aliphatic rings. The van der Waals surface area contributed by atoms with Gasteiger partial charge in [-0.2, -0.15) is 0 Å². The lowest BCUT2D eigenvalue weighted by molar-refractivity contribution is -0.117. The average Bonchev–Trinajstić information content (AvgIpc) is 2.79. The number of halogens is 1. The molecule has 0 bridgehead atoms. The number of hydrogen-bond donors (Lipinski definition) is 2. The topological polar surface area (TPSA) is 44.4 Å². The van der Waals surface area contributed by atoms with Crippen LogP contribution in [0.2, 0.25) is 0 Å². The summed E-state index contributed by atoms with van der Waals surface area (Å²) in [6, 6.07) is 8.41. The minimum Gasteiger partial charge on any atom is -0.325 e. The maximum Gasteiger partial charge on any atom is 0.238 e. The van der Waals surface area contributed by atoms with Crippen LogP contribution in [0.5, 0.6) is 0 Å². The second-order valence-corrected chi connectivity index (χ2v) is 4.92. The van der Waals surface area contributed by atoms with Crippen molar-refractivity contribution in [1.82, 2.24) is 10.2 Å². The number of likely N-dealkylation sites (tertiary alicyclic amines) is 1. The molecule has 0 saturated carbocycles. The van der Waals surface area contributed by atoms with Crippen molar-refractivity contribution in [3.05, 3.63) is 29.8 Å². The van der Waals surface area contributed by atoms with Crippen molar-refractivity contribution in [2.45, 2.75) is 19.4 Å². The zero-order chi connectivity index (χ0) is 13.0. The van der Waals surface area contributed by atoms with Gasteiger partial charge in [0.2, 0.25) is 5.91 Å². The number of amides is 1. The van der Waals surface area contributed by atoms with Crippen molar-refractivity contribution in [3.63, 3.8) is 0 Å². The van der Waals surface area contributed by atoms with E-state index in [9.17, 15) is 4.79 Å². The molecule has 5 heteroatoms. The predicted molar refractivity (Wildman–Crippen MR) is 81.0 cm³/mol. The molecule has 1 fully saturated rings. The van der Waals surface area contributed by atoms with E-state index in [1.807, 2.05) is 38.2 Å². The maximum atomic E-state index is 11.9. The Labute approximate surface area is 121 Å². The van der Waals surface area contributed by atoms with Crippen molar-refractivity contribution in [1.29, 1.82) is 0 Å². The summed E-state index contributed by atoms with van der Waals surface area (Å²) in [6.07, 6.45) is 1.12. The number of hydrogen-bond acceptors (Lipinski definition) is 3. The lowest BCUT2D eigenvalue weighted by Crippen LogP contribution is -2.34. The van der Waals surface area contributed by atoms with E-state index in [0.29, 0.717) is 12.6 Å². The van der Waals surface area contributed by atoms with Crippen molar-refractivity contribution < 1.29 is 4.79 Å². The van der Waals surface area contributed by atoms with Gasteiger partial charge >= 0.3 is 0 Å². The quantitative estimate of drug-likeness (QED) is 0.883. The van der Waals surface area contributed by atoms with Crippen molar-refractivity contribution in [3.8, 4) is 0 Å². The van der Waals surface area contributed by atoms with Gasteiger partial charge in [0.15, 0.2) is 0 Å². The molecule has 1 aromatic rings. The second-order valence-electron chi connectivity index (χ2n) is 4.92. The van der Waals surface area contributed by atoms with E-state index in [2.05, 4.69) is 15.5 Å². The molecule has 1 unspecified atom stereocenters. The number of benzene rings is 1. The Morgan fingerprint density at radius 3 is 2.63 bits per heavy atom. The highest BCUT2D eigenvalue weighted by Crippen LogP contribution is 2.10. The summed E-state index contributed by atoms with van der Waals surface area (Å²) in [5.41, 5.74) is 2.07. The van der Waals surface area contributed by atoms with Crippen LogP contribution in [0.25, 0.3) is 0 Å². The van der Waals surface area contributed by atoms with Gasteiger partial charge in [-0.3, -0.25) is 9.69 Å². The van der Waals surface area contributed by atoms with Gasteiger partial charge in [0.05, 0.1) is 6.54 Å². The summed E-state index contributed by atoms with van der Waals surface area (Å²) in [7, 11) is 1.97. The summed E-state index contributed by atoms with van der Waals surface area (Å²) in [6.45, 7) is 4.46.